The molecule has 168 valence electrons. The van der Waals surface area contributed by atoms with Crippen molar-refractivity contribution in [2.24, 2.45) is 4.99 Å². The molecule has 0 saturated carbocycles. The molecule has 0 atom stereocenters. The first kappa shape index (κ1) is 21.9. The number of hydrogen-bond donors (Lipinski definition) is 1. The Kier molecular flexibility index (Phi) is 7.04. The van der Waals surface area contributed by atoms with Crippen LogP contribution in [0.2, 0.25) is 0 Å². The Hall–Kier alpha value is -3.35. The molecule has 32 heavy (non-hydrogen) atoms. The molecule has 7 nitrogen and oxygen atoms in total. The minimum absolute atomic E-state index is 0.185. The first-order chi connectivity index (χ1) is 15.7. The molecule has 2 heterocycles. The van der Waals surface area contributed by atoms with Crippen LogP contribution in [0.1, 0.15) is 46.4 Å². The van der Waals surface area contributed by atoms with Gasteiger partial charge in [0.25, 0.3) is 11.8 Å². The van der Waals surface area contributed by atoms with E-state index in [1.54, 1.807) is 31.3 Å². The molecule has 1 saturated heterocycles. The molecule has 7 heteroatoms. The number of fused-ring (bicyclic) bond motifs is 1. The third-order valence-electron chi connectivity index (χ3n) is 5.97. The molecule has 1 N–H and O–H groups in total. The second kappa shape index (κ2) is 10.3. The van der Waals surface area contributed by atoms with E-state index in [2.05, 4.69) is 15.2 Å². The number of unbranched alkanes of at least 4 members (excludes halogenated alkanes) is 1. The van der Waals surface area contributed by atoms with Crippen LogP contribution in [0.25, 0.3) is 0 Å². The van der Waals surface area contributed by atoms with Gasteiger partial charge in [0, 0.05) is 46.1 Å². The van der Waals surface area contributed by atoms with Crippen molar-refractivity contribution < 1.29 is 14.3 Å². The van der Waals surface area contributed by atoms with Crippen LogP contribution in [-0.4, -0.2) is 66.9 Å². The number of ether oxygens (including phenoxy) is 1. The molecule has 1 fully saturated rings. The summed E-state index contributed by atoms with van der Waals surface area (Å²) in [5.41, 5.74) is 1.02. The Morgan fingerprint density at radius 3 is 2.22 bits per heavy atom. The lowest BCUT2D eigenvalue weighted by atomic mass is 10.1. The van der Waals surface area contributed by atoms with E-state index in [1.807, 2.05) is 30.3 Å². The number of imide groups is 1. The van der Waals surface area contributed by atoms with Gasteiger partial charge in [0.05, 0.1) is 11.1 Å². The van der Waals surface area contributed by atoms with E-state index in [4.69, 9.17) is 4.74 Å². The van der Waals surface area contributed by atoms with E-state index < -0.39 is 0 Å². The Morgan fingerprint density at radius 2 is 1.59 bits per heavy atom. The standard InChI is InChI=1S/C25H30N4O3/c1-26-25(28-17-13-20(14-18-28)32-19-9-3-2-4-10-19)27-15-7-8-16-29-23(30)21-11-5-6-12-22(21)24(29)31/h2-6,9-12,20H,7-8,13-18H2,1H3,(H,26,27). The molecule has 0 aromatic heterocycles. The highest BCUT2D eigenvalue weighted by Crippen LogP contribution is 2.22. The molecule has 2 aliphatic heterocycles. The van der Waals surface area contributed by atoms with Crippen molar-refractivity contribution in [3.05, 3.63) is 65.7 Å². The topological polar surface area (TPSA) is 74.2 Å². The largest absolute Gasteiger partial charge is 0.490 e. The lowest BCUT2D eigenvalue weighted by Gasteiger charge is -2.34. The van der Waals surface area contributed by atoms with Crippen LogP contribution in [0, 0.1) is 0 Å². The highest BCUT2D eigenvalue weighted by Gasteiger charge is 2.34. The van der Waals surface area contributed by atoms with E-state index in [0.29, 0.717) is 17.7 Å². The third kappa shape index (κ3) is 4.93. The van der Waals surface area contributed by atoms with Crippen LogP contribution in [-0.2, 0) is 0 Å². The Bertz CT molecular complexity index is 933. The summed E-state index contributed by atoms with van der Waals surface area (Å²) in [6, 6.07) is 17.0. The minimum Gasteiger partial charge on any atom is -0.490 e. The summed E-state index contributed by atoms with van der Waals surface area (Å²) >= 11 is 0. The van der Waals surface area contributed by atoms with Crippen molar-refractivity contribution in [1.82, 2.24) is 15.1 Å². The molecule has 2 aromatic rings. The molecule has 2 aromatic carbocycles. The van der Waals surface area contributed by atoms with E-state index >= 15 is 0 Å². The molecule has 0 spiro atoms. The quantitative estimate of drug-likeness (QED) is 0.314. The zero-order valence-corrected chi connectivity index (χ0v) is 18.5. The van der Waals surface area contributed by atoms with E-state index in [1.165, 1.54) is 4.90 Å². The van der Waals surface area contributed by atoms with Gasteiger partial charge in [0.1, 0.15) is 11.9 Å². The lowest BCUT2D eigenvalue weighted by Crippen LogP contribution is -2.47. The van der Waals surface area contributed by atoms with Crippen LogP contribution in [0.5, 0.6) is 5.75 Å². The van der Waals surface area contributed by atoms with Gasteiger partial charge in [-0.1, -0.05) is 30.3 Å². The molecule has 0 aliphatic carbocycles. The van der Waals surface area contributed by atoms with Crippen molar-refractivity contribution in [1.29, 1.82) is 0 Å². The first-order valence-electron chi connectivity index (χ1n) is 11.3. The van der Waals surface area contributed by atoms with Crippen molar-refractivity contribution in [2.75, 3.05) is 33.2 Å². The van der Waals surface area contributed by atoms with Crippen LogP contribution < -0.4 is 10.1 Å². The van der Waals surface area contributed by atoms with Gasteiger partial charge in [0.15, 0.2) is 5.96 Å². The zero-order chi connectivity index (χ0) is 22.3. The Morgan fingerprint density at radius 1 is 0.969 bits per heavy atom. The fourth-order valence-electron chi connectivity index (χ4n) is 4.25. The van der Waals surface area contributed by atoms with Gasteiger partial charge in [-0.25, -0.2) is 0 Å². The number of amides is 2. The molecule has 4 rings (SSSR count). The summed E-state index contributed by atoms with van der Waals surface area (Å²) in [5, 5.41) is 3.42. The number of nitrogens with zero attached hydrogens (tertiary/aromatic N) is 3. The van der Waals surface area contributed by atoms with Gasteiger partial charge < -0.3 is 15.0 Å². The first-order valence-corrected chi connectivity index (χ1v) is 11.3. The number of nitrogens with one attached hydrogen (secondary N) is 1. The molecule has 0 unspecified atom stereocenters. The fraction of sp³-hybridized carbons (Fsp3) is 0.400. The monoisotopic (exact) mass is 434 g/mol. The Balaban J connectivity index is 1.16. The molecule has 0 bridgehead atoms. The maximum Gasteiger partial charge on any atom is 0.261 e. The number of carbonyl (C=O) groups excluding carboxylic acids is 2. The van der Waals surface area contributed by atoms with Crippen LogP contribution in [0.4, 0.5) is 0 Å². The predicted molar refractivity (Wildman–Crippen MR) is 124 cm³/mol. The highest BCUT2D eigenvalue weighted by atomic mass is 16.5. The summed E-state index contributed by atoms with van der Waals surface area (Å²) in [7, 11) is 1.80. The molecule has 2 aliphatic rings. The second-order valence-electron chi connectivity index (χ2n) is 8.11. The number of guanidine groups is 1. The molecular weight excluding hydrogens is 404 g/mol. The molecule has 2 amide bonds. The average molecular weight is 435 g/mol. The van der Waals surface area contributed by atoms with E-state index in [-0.39, 0.29) is 17.9 Å². The third-order valence-corrected chi connectivity index (χ3v) is 5.97. The SMILES string of the molecule is CN=C(NCCCCN1C(=O)c2ccccc2C1=O)N1CCC(Oc2ccccc2)CC1. The number of rotatable bonds is 7. The summed E-state index contributed by atoms with van der Waals surface area (Å²) in [5.74, 6) is 1.44. The van der Waals surface area contributed by atoms with Crippen molar-refractivity contribution >= 4 is 17.8 Å². The van der Waals surface area contributed by atoms with Crippen molar-refractivity contribution in [3.8, 4) is 5.75 Å². The van der Waals surface area contributed by atoms with Crippen LogP contribution in [0.3, 0.4) is 0 Å². The van der Waals surface area contributed by atoms with Gasteiger partial charge >= 0.3 is 0 Å². The van der Waals surface area contributed by atoms with Crippen LogP contribution >= 0.6 is 0 Å². The van der Waals surface area contributed by atoms with Gasteiger partial charge in [-0.15, -0.1) is 0 Å². The summed E-state index contributed by atoms with van der Waals surface area (Å²) < 4.78 is 6.07. The van der Waals surface area contributed by atoms with E-state index in [9.17, 15) is 9.59 Å². The Labute approximate surface area is 189 Å². The predicted octanol–water partition coefficient (Wildman–Crippen LogP) is 3.18. The van der Waals surface area contributed by atoms with Gasteiger partial charge in [-0.2, -0.15) is 0 Å². The summed E-state index contributed by atoms with van der Waals surface area (Å²) in [4.78, 5) is 32.9. The van der Waals surface area contributed by atoms with Gasteiger partial charge in [-0.3, -0.25) is 19.5 Å². The molecule has 0 radical (unpaired) electrons. The minimum atomic E-state index is -0.185. The highest BCUT2D eigenvalue weighted by molar-refractivity contribution is 6.21. The average Bonchev–Trinajstić information content (AvgIpc) is 3.08. The van der Waals surface area contributed by atoms with Crippen molar-refractivity contribution in [3.63, 3.8) is 0 Å². The number of piperidine rings is 1. The van der Waals surface area contributed by atoms with Crippen LogP contribution in [0.15, 0.2) is 59.6 Å². The number of benzene rings is 2. The van der Waals surface area contributed by atoms with E-state index in [0.717, 1.165) is 57.0 Å². The number of carbonyl (C=O) groups is 2. The fourth-order valence-corrected chi connectivity index (χ4v) is 4.25. The normalized spacial score (nSPS) is 17.0. The van der Waals surface area contributed by atoms with Crippen molar-refractivity contribution in [2.45, 2.75) is 31.8 Å². The smallest absolute Gasteiger partial charge is 0.261 e. The maximum absolute atomic E-state index is 12.4. The number of aliphatic imine (C=N–C) groups is 1. The second-order valence-corrected chi connectivity index (χ2v) is 8.11. The number of likely N-dealkylation sites (tertiary alicyclic amines) is 1. The number of para-hydroxylation sites is 1. The maximum atomic E-state index is 12.4. The number of hydrogen-bond acceptors (Lipinski definition) is 4. The zero-order valence-electron chi connectivity index (χ0n) is 18.5. The van der Waals surface area contributed by atoms with Gasteiger partial charge in [-0.05, 0) is 37.1 Å². The summed E-state index contributed by atoms with van der Waals surface area (Å²) in [6.07, 6.45) is 3.74. The van der Waals surface area contributed by atoms with Gasteiger partial charge in [0.2, 0.25) is 0 Å². The molecular formula is C25H30N4O3. The summed E-state index contributed by atoms with van der Waals surface area (Å²) in [6.45, 7) is 2.98. The lowest BCUT2D eigenvalue weighted by molar-refractivity contribution is 0.0651.